The van der Waals surface area contributed by atoms with Crippen LogP contribution in [-0.4, -0.2) is 23.8 Å². The molecule has 0 saturated carbocycles. The highest BCUT2D eigenvalue weighted by molar-refractivity contribution is 6.11. The molecular formula is C13H22N4. The van der Waals surface area contributed by atoms with Crippen molar-refractivity contribution in [2.24, 2.45) is 5.73 Å². The van der Waals surface area contributed by atoms with E-state index in [0.29, 0.717) is 12.3 Å². The number of hydrogen-bond acceptors (Lipinski definition) is 4. The molecule has 0 radical (unpaired) electrons. The maximum atomic E-state index is 8.05. The topological polar surface area (TPSA) is 74.8 Å². The smallest absolute Gasteiger partial charge is 0.0675 e. The SMILES string of the molecule is CC.N=C(C1=C(N)CCNC1)c1ccncc1.[HH]. The zero-order chi connectivity index (χ0) is 12.7. The first-order valence-electron chi connectivity index (χ1n) is 5.96. The second-order valence-corrected chi connectivity index (χ2v) is 3.54. The molecule has 1 aromatic rings. The van der Waals surface area contributed by atoms with E-state index >= 15 is 0 Å². The number of nitrogens with one attached hydrogen (secondary N) is 2. The van der Waals surface area contributed by atoms with Gasteiger partial charge in [-0.15, -0.1) is 0 Å². The fourth-order valence-corrected chi connectivity index (χ4v) is 1.64. The summed E-state index contributed by atoms with van der Waals surface area (Å²) in [5.74, 6) is 0. The average molecular weight is 234 g/mol. The number of hydrogen-bond donors (Lipinski definition) is 3. The first-order chi connectivity index (χ1) is 8.29. The first kappa shape index (κ1) is 13.4. The first-order valence-corrected chi connectivity index (χ1v) is 5.96. The predicted molar refractivity (Wildman–Crippen MR) is 73.2 cm³/mol. The van der Waals surface area contributed by atoms with Gasteiger partial charge in [-0.2, -0.15) is 0 Å². The molecular weight excluding hydrogens is 212 g/mol. The van der Waals surface area contributed by atoms with Crippen LogP contribution in [0.5, 0.6) is 0 Å². The number of nitrogens with two attached hydrogens (primary N) is 1. The van der Waals surface area contributed by atoms with Gasteiger partial charge in [0.25, 0.3) is 0 Å². The third-order valence-electron chi connectivity index (χ3n) is 2.53. The van der Waals surface area contributed by atoms with Gasteiger partial charge < -0.3 is 11.1 Å². The summed E-state index contributed by atoms with van der Waals surface area (Å²) in [4.78, 5) is 3.93. The Morgan fingerprint density at radius 1 is 1.41 bits per heavy atom. The molecule has 94 valence electrons. The van der Waals surface area contributed by atoms with Gasteiger partial charge in [0.15, 0.2) is 0 Å². The fraction of sp³-hybridized carbons (Fsp3) is 0.385. The van der Waals surface area contributed by atoms with Crippen LogP contribution >= 0.6 is 0 Å². The highest BCUT2D eigenvalue weighted by atomic mass is 14.9. The lowest BCUT2D eigenvalue weighted by atomic mass is 9.98. The molecule has 1 aliphatic heterocycles. The highest BCUT2D eigenvalue weighted by Crippen LogP contribution is 2.13. The van der Waals surface area contributed by atoms with Gasteiger partial charge >= 0.3 is 0 Å². The van der Waals surface area contributed by atoms with Gasteiger partial charge in [0, 0.05) is 43.7 Å². The van der Waals surface area contributed by atoms with E-state index in [1.807, 2.05) is 26.0 Å². The summed E-state index contributed by atoms with van der Waals surface area (Å²) in [6.07, 6.45) is 4.20. The molecule has 2 heterocycles. The molecule has 1 aromatic heterocycles. The molecule has 4 nitrogen and oxygen atoms in total. The molecule has 0 spiro atoms. The fourth-order valence-electron chi connectivity index (χ4n) is 1.64. The molecule has 0 aliphatic carbocycles. The van der Waals surface area contributed by atoms with Crippen molar-refractivity contribution in [2.75, 3.05) is 13.1 Å². The number of rotatable bonds is 2. The van der Waals surface area contributed by atoms with E-state index in [0.717, 1.165) is 29.8 Å². The van der Waals surface area contributed by atoms with Crippen molar-refractivity contribution in [1.82, 2.24) is 10.3 Å². The van der Waals surface area contributed by atoms with Crippen molar-refractivity contribution in [3.8, 4) is 0 Å². The summed E-state index contributed by atoms with van der Waals surface area (Å²) in [5.41, 5.74) is 9.01. The lowest BCUT2D eigenvalue weighted by molar-refractivity contribution is 0.686. The minimum Gasteiger partial charge on any atom is -0.402 e. The van der Waals surface area contributed by atoms with Crippen LogP contribution in [0.4, 0.5) is 0 Å². The maximum absolute atomic E-state index is 8.05. The van der Waals surface area contributed by atoms with Crippen molar-refractivity contribution in [3.05, 3.63) is 41.4 Å². The van der Waals surface area contributed by atoms with Gasteiger partial charge in [0.1, 0.15) is 0 Å². The Labute approximate surface area is 104 Å². The standard InChI is InChI=1S/C11H14N4.C2H6.H2/c12-10-3-6-15-7-9(10)11(13)8-1-4-14-5-2-8;1-2;/h1-2,4-5,13,15H,3,6-7,12H2;1-2H3;1H. The van der Waals surface area contributed by atoms with Gasteiger partial charge in [-0.25, -0.2) is 0 Å². The third-order valence-corrected chi connectivity index (χ3v) is 2.53. The Hall–Kier alpha value is -1.68. The quantitative estimate of drug-likeness (QED) is 0.684. The van der Waals surface area contributed by atoms with E-state index in [4.69, 9.17) is 11.1 Å². The molecule has 0 unspecified atom stereocenters. The average Bonchev–Trinajstić information content (AvgIpc) is 2.42. The molecule has 0 amide bonds. The van der Waals surface area contributed by atoms with E-state index < -0.39 is 0 Å². The molecule has 4 N–H and O–H groups in total. The Morgan fingerprint density at radius 3 is 2.65 bits per heavy atom. The molecule has 0 atom stereocenters. The highest BCUT2D eigenvalue weighted by Gasteiger charge is 2.14. The van der Waals surface area contributed by atoms with Gasteiger partial charge in [-0.3, -0.25) is 10.4 Å². The van der Waals surface area contributed by atoms with E-state index in [-0.39, 0.29) is 1.43 Å². The van der Waals surface area contributed by atoms with Gasteiger partial charge in [0.05, 0.1) is 5.71 Å². The summed E-state index contributed by atoms with van der Waals surface area (Å²) >= 11 is 0. The minimum atomic E-state index is 0. The van der Waals surface area contributed by atoms with Crippen LogP contribution in [0.25, 0.3) is 0 Å². The van der Waals surface area contributed by atoms with Crippen LogP contribution in [0.2, 0.25) is 0 Å². The summed E-state index contributed by atoms with van der Waals surface area (Å²) in [5, 5.41) is 11.3. The summed E-state index contributed by atoms with van der Waals surface area (Å²) in [6.45, 7) is 5.59. The van der Waals surface area contributed by atoms with E-state index in [1.54, 1.807) is 12.4 Å². The Kier molecular flexibility index (Phi) is 5.36. The molecule has 4 heteroatoms. The van der Waals surface area contributed by atoms with Crippen molar-refractivity contribution in [2.45, 2.75) is 20.3 Å². The van der Waals surface area contributed by atoms with Crippen molar-refractivity contribution in [1.29, 1.82) is 5.41 Å². The van der Waals surface area contributed by atoms with Crippen LogP contribution in [0.15, 0.2) is 35.8 Å². The van der Waals surface area contributed by atoms with Crippen molar-refractivity contribution < 1.29 is 1.43 Å². The Balaban J connectivity index is 0.000000917. The van der Waals surface area contributed by atoms with Crippen LogP contribution in [0, 0.1) is 5.41 Å². The van der Waals surface area contributed by atoms with Crippen LogP contribution < -0.4 is 11.1 Å². The van der Waals surface area contributed by atoms with Crippen molar-refractivity contribution >= 4 is 5.71 Å². The predicted octanol–water partition coefficient (Wildman–Crippen LogP) is 1.93. The summed E-state index contributed by atoms with van der Waals surface area (Å²) in [6, 6.07) is 3.66. The van der Waals surface area contributed by atoms with Crippen LogP contribution in [0.1, 0.15) is 27.3 Å². The third kappa shape index (κ3) is 3.39. The molecule has 0 fully saturated rings. The zero-order valence-corrected chi connectivity index (χ0v) is 10.5. The maximum Gasteiger partial charge on any atom is 0.0675 e. The van der Waals surface area contributed by atoms with Crippen molar-refractivity contribution in [3.63, 3.8) is 0 Å². The van der Waals surface area contributed by atoms with Crippen LogP contribution in [-0.2, 0) is 0 Å². The second kappa shape index (κ2) is 6.81. The minimum absolute atomic E-state index is 0. The monoisotopic (exact) mass is 234 g/mol. The van der Waals surface area contributed by atoms with Crippen LogP contribution in [0.3, 0.4) is 0 Å². The Morgan fingerprint density at radius 2 is 2.06 bits per heavy atom. The zero-order valence-electron chi connectivity index (χ0n) is 10.5. The second-order valence-electron chi connectivity index (χ2n) is 3.54. The summed E-state index contributed by atoms with van der Waals surface area (Å²) in [7, 11) is 0. The van der Waals surface area contributed by atoms with E-state index in [1.165, 1.54) is 0 Å². The molecule has 2 rings (SSSR count). The Bertz CT molecular complexity index is 401. The largest absolute Gasteiger partial charge is 0.402 e. The molecule has 0 aromatic carbocycles. The van der Waals surface area contributed by atoms with E-state index in [9.17, 15) is 0 Å². The number of pyridine rings is 1. The molecule has 17 heavy (non-hydrogen) atoms. The molecule has 0 bridgehead atoms. The van der Waals surface area contributed by atoms with Gasteiger partial charge in [-0.05, 0) is 18.6 Å². The number of nitrogens with zero attached hydrogens (tertiary/aromatic N) is 1. The normalized spacial score (nSPS) is 14.9. The molecule has 1 aliphatic rings. The summed E-state index contributed by atoms with van der Waals surface area (Å²) < 4.78 is 0. The van der Waals surface area contributed by atoms with E-state index in [2.05, 4.69) is 10.3 Å². The molecule has 0 saturated heterocycles. The number of aromatic nitrogens is 1. The lowest BCUT2D eigenvalue weighted by Crippen LogP contribution is -2.31. The lowest BCUT2D eigenvalue weighted by Gasteiger charge is -2.19. The van der Waals surface area contributed by atoms with Gasteiger partial charge in [-0.1, -0.05) is 13.8 Å². The van der Waals surface area contributed by atoms with Gasteiger partial charge in [0.2, 0.25) is 0 Å².